The Morgan fingerprint density at radius 2 is 1.79 bits per heavy atom. The van der Waals surface area contributed by atoms with E-state index in [-0.39, 0.29) is 5.02 Å². The van der Waals surface area contributed by atoms with Crippen LogP contribution in [0.4, 0.5) is 5.69 Å². The van der Waals surface area contributed by atoms with E-state index in [2.05, 4.69) is 20.7 Å². The van der Waals surface area contributed by atoms with Crippen LogP contribution in [-0.2, 0) is 0 Å². The molecule has 0 fully saturated rings. The number of hydrazone groups is 1. The lowest BCUT2D eigenvalue weighted by Crippen LogP contribution is -2.10. The van der Waals surface area contributed by atoms with E-state index >= 15 is 0 Å². The van der Waals surface area contributed by atoms with Crippen molar-refractivity contribution in [3.63, 3.8) is 0 Å². The van der Waals surface area contributed by atoms with Gasteiger partial charge in [-0.3, -0.25) is 10.2 Å². The van der Waals surface area contributed by atoms with Gasteiger partial charge in [-0.05, 0) is 12.1 Å². The Bertz CT molecular complexity index is 1170. The molecule has 0 saturated carbocycles. The number of benzene rings is 2. The minimum Gasteiger partial charge on any atom is -0.275 e. The zero-order chi connectivity index (χ0) is 19.3. The van der Waals surface area contributed by atoms with E-state index in [1.165, 1.54) is 6.20 Å². The molecule has 0 atom stereocenters. The monoisotopic (exact) mass is 390 g/mol. The fourth-order valence-electron chi connectivity index (χ4n) is 2.65. The summed E-state index contributed by atoms with van der Waals surface area (Å²) in [7, 11) is 0. The lowest BCUT2D eigenvalue weighted by atomic mass is 10.1. The number of para-hydroxylation sites is 1. The first-order chi connectivity index (χ1) is 13.7. The van der Waals surface area contributed by atoms with Gasteiger partial charge in [0.15, 0.2) is 0 Å². The molecule has 0 unspecified atom stereocenters. The first-order valence-corrected chi connectivity index (χ1v) is 8.83. The van der Waals surface area contributed by atoms with Gasteiger partial charge in [0.25, 0.3) is 5.56 Å². The number of hydrogen-bond donors (Lipinski definition) is 2. The number of anilines is 1. The van der Waals surface area contributed by atoms with Crippen LogP contribution in [0.5, 0.6) is 0 Å². The highest BCUT2D eigenvalue weighted by Gasteiger charge is 2.11. The second-order valence-corrected chi connectivity index (χ2v) is 6.25. The molecule has 28 heavy (non-hydrogen) atoms. The molecular formula is C20H15ClN6O. The van der Waals surface area contributed by atoms with Crippen molar-refractivity contribution in [3.8, 4) is 16.9 Å². The predicted octanol–water partition coefficient (Wildman–Crippen LogP) is 3.72. The highest BCUT2D eigenvalue weighted by Crippen LogP contribution is 2.22. The third kappa shape index (κ3) is 3.70. The van der Waals surface area contributed by atoms with Crippen molar-refractivity contribution in [3.05, 3.63) is 94.0 Å². The van der Waals surface area contributed by atoms with Crippen molar-refractivity contribution < 1.29 is 0 Å². The summed E-state index contributed by atoms with van der Waals surface area (Å²) in [5.74, 6) is 0. The van der Waals surface area contributed by atoms with E-state index in [0.29, 0.717) is 5.69 Å². The Morgan fingerprint density at radius 3 is 2.54 bits per heavy atom. The van der Waals surface area contributed by atoms with Gasteiger partial charge in [-0.15, -0.1) is 0 Å². The van der Waals surface area contributed by atoms with E-state index < -0.39 is 5.56 Å². The molecule has 0 radical (unpaired) electrons. The Balaban J connectivity index is 1.70. The summed E-state index contributed by atoms with van der Waals surface area (Å²) in [6.45, 7) is 0. The summed E-state index contributed by atoms with van der Waals surface area (Å²) in [6.07, 6.45) is 4.92. The standard InChI is InChI=1S/C20H15ClN6O/c21-18-17(12-23-25-20(18)28)24-22-11-15-13-27(16-9-5-2-6-10-16)26-19(15)14-7-3-1-4-8-14/h1-13H,(H2,24,25,28)/b22-11-. The van der Waals surface area contributed by atoms with Crippen molar-refractivity contribution in [2.24, 2.45) is 5.10 Å². The lowest BCUT2D eigenvalue weighted by molar-refractivity contribution is 0.884. The molecule has 2 aromatic heterocycles. The van der Waals surface area contributed by atoms with Crippen molar-refractivity contribution >= 4 is 23.5 Å². The van der Waals surface area contributed by atoms with Crippen molar-refractivity contribution in [1.82, 2.24) is 20.0 Å². The molecule has 7 nitrogen and oxygen atoms in total. The fourth-order valence-corrected chi connectivity index (χ4v) is 2.78. The van der Waals surface area contributed by atoms with Gasteiger partial charge in [0.1, 0.15) is 16.4 Å². The molecule has 2 heterocycles. The largest absolute Gasteiger partial charge is 0.285 e. The minimum absolute atomic E-state index is 0.00425. The van der Waals surface area contributed by atoms with E-state index in [9.17, 15) is 4.79 Å². The molecule has 8 heteroatoms. The maximum absolute atomic E-state index is 11.5. The summed E-state index contributed by atoms with van der Waals surface area (Å²) in [4.78, 5) is 11.5. The van der Waals surface area contributed by atoms with E-state index in [1.807, 2.05) is 66.9 Å². The molecule has 0 amide bonds. The number of H-pyrrole nitrogens is 1. The molecule has 4 rings (SSSR count). The Labute approximate surface area is 165 Å². The number of nitrogens with zero attached hydrogens (tertiary/aromatic N) is 4. The summed E-state index contributed by atoms with van der Waals surface area (Å²) < 4.78 is 1.80. The van der Waals surface area contributed by atoms with Crippen LogP contribution in [0.2, 0.25) is 5.02 Å². The van der Waals surface area contributed by atoms with Crippen LogP contribution < -0.4 is 11.0 Å². The molecule has 0 aliphatic heterocycles. The number of hydrogen-bond acceptors (Lipinski definition) is 5. The molecule has 0 spiro atoms. The van der Waals surface area contributed by atoms with Crippen LogP contribution in [0.25, 0.3) is 16.9 Å². The van der Waals surface area contributed by atoms with Crippen molar-refractivity contribution in [2.45, 2.75) is 0 Å². The molecule has 2 N–H and O–H groups in total. The molecule has 2 aromatic carbocycles. The first kappa shape index (κ1) is 17.7. The fraction of sp³-hybridized carbons (Fsp3) is 0. The second-order valence-electron chi connectivity index (χ2n) is 5.88. The predicted molar refractivity (Wildman–Crippen MR) is 110 cm³/mol. The van der Waals surface area contributed by atoms with E-state index in [0.717, 1.165) is 22.5 Å². The molecule has 4 aromatic rings. The molecule has 0 aliphatic carbocycles. The van der Waals surface area contributed by atoms with Gasteiger partial charge in [0, 0.05) is 17.3 Å². The third-order valence-corrected chi connectivity index (χ3v) is 4.37. The van der Waals surface area contributed by atoms with Crippen molar-refractivity contribution in [2.75, 3.05) is 5.43 Å². The number of aromatic nitrogens is 4. The van der Waals surface area contributed by atoms with Crippen LogP contribution >= 0.6 is 11.6 Å². The normalized spacial score (nSPS) is 11.0. The lowest BCUT2D eigenvalue weighted by Gasteiger charge is -2.01. The summed E-state index contributed by atoms with van der Waals surface area (Å²) in [5, 5.41) is 14.9. The van der Waals surface area contributed by atoms with Crippen LogP contribution in [0.1, 0.15) is 5.56 Å². The minimum atomic E-state index is -0.483. The quantitative estimate of drug-likeness (QED) is 0.401. The Kier molecular flexibility index (Phi) is 4.99. The van der Waals surface area contributed by atoms with Gasteiger partial charge in [-0.25, -0.2) is 9.78 Å². The highest BCUT2D eigenvalue weighted by molar-refractivity contribution is 6.32. The van der Waals surface area contributed by atoms with Gasteiger partial charge in [0.05, 0.1) is 18.1 Å². The molecule has 0 aliphatic rings. The third-order valence-electron chi connectivity index (χ3n) is 3.99. The van der Waals surface area contributed by atoms with Gasteiger partial charge < -0.3 is 0 Å². The molecule has 0 bridgehead atoms. The zero-order valence-corrected chi connectivity index (χ0v) is 15.3. The maximum atomic E-state index is 11.5. The Hall–Kier alpha value is -3.71. The Morgan fingerprint density at radius 1 is 1.07 bits per heavy atom. The van der Waals surface area contributed by atoms with Gasteiger partial charge in [0.2, 0.25) is 0 Å². The van der Waals surface area contributed by atoms with Crippen LogP contribution in [-0.4, -0.2) is 26.2 Å². The maximum Gasteiger partial charge on any atom is 0.285 e. The smallest absolute Gasteiger partial charge is 0.275 e. The average molecular weight is 391 g/mol. The summed E-state index contributed by atoms with van der Waals surface area (Å²) in [5.41, 5.74) is 6.07. The second kappa shape index (κ2) is 7.89. The van der Waals surface area contributed by atoms with Crippen LogP contribution in [0.15, 0.2) is 83.0 Å². The number of halogens is 1. The molecule has 138 valence electrons. The molecule has 0 saturated heterocycles. The summed E-state index contributed by atoms with van der Waals surface area (Å²) >= 11 is 5.95. The topological polar surface area (TPSA) is 88.0 Å². The number of nitrogens with one attached hydrogen (secondary N) is 2. The van der Waals surface area contributed by atoms with Crippen LogP contribution in [0.3, 0.4) is 0 Å². The van der Waals surface area contributed by atoms with E-state index in [4.69, 9.17) is 16.7 Å². The zero-order valence-electron chi connectivity index (χ0n) is 14.6. The van der Waals surface area contributed by atoms with Gasteiger partial charge >= 0.3 is 0 Å². The van der Waals surface area contributed by atoms with Gasteiger partial charge in [-0.1, -0.05) is 60.1 Å². The number of aromatic amines is 1. The van der Waals surface area contributed by atoms with E-state index in [1.54, 1.807) is 10.9 Å². The first-order valence-electron chi connectivity index (χ1n) is 8.45. The SMILES string of the molecule is O=c1[nH]ncc(N/N=C\c2cn(-c3ccccc3)nc2-c2ccccc2)c1Cl. The van der Waals surface area contributed by atoms with Gasteiger partial charge in [-0.2, -0.15) is 15.3 Å². The average Bonchev–Trinajstić information content (AvgIpc) is 3.17. The molecular weight excluding hydrogens is 376 g/mol. The van der Waals surface area contributed by atoms with Crippen molar-refractivity contribution in [1.29, 1.82) is 0 Å². The highest BCUT2D eigenvalue weighted by atomic mass is 35.5. The van der Waals surface area contributed by atoms with Crippen LogP contribution in [0, 0.1) is 0 Å². The number of rotatable bonds is 5. The summed E-state index contributed by atoms with van der Waals surface area (Å²) in [6, 6.07) is 19.7.